The first kappa shape index (κ1) is 30.0. The number of nitriles is 1. The van der Waals surface area contributed by atoms with E-state index in [1.807, 2.05) is 36.4 Å². The van der Waals surface area contributed by atoms with E-state index in [0.717, 1.165) is 30.6 Å². The molecule has 0 aromatic heterocycles. The maximum atomic E-state index is 12.7. The van der Waals surface area contributed by atoms with Crippen LogP contribution in [0, 0.1) is 17.2 Å². The van der Waals surface area contributed by atoms with E-state index in [1.165, 1.54) is 57.0 Å². The summed E-state index contributed by atoms with van der Waals surface area (Å²) in [5, 5.41) is 10.0. The van der Waals surface area contributed by atoms with Gasteiger partial charge in [-0.15, -0.1) is 0 Å². The molecule has 1 saturated carbocycles. The number of rotatable bonds is 17. The highest BCUT2D eigenvalue weighted by Gasteiger charge is 2.55. The molecule has 4 nitrogen and oxygen atoms in total. The third-order valence-electron chi connectivity index (χ3n) is 8.12. The molecule has 0 spiro atoms. The highest BCUT2D eigenvalue weighted by molar-refractivity contribution is 6.77. The van der Waals surface area contributed by atoms with Crippen molar-refractivity contribution in [3.05, 3.63) is 59.7 Å². The van der Waals surface area contributed by atoms with Gasteiger partial charge in [0.05, 0.1) is 23.7 Å². The Labute approximate surface area is 231 Å². The zero-order valence-corrected chi connectivity index (χ0v) is 25.1. The maximum absolute atomic E-state index is 12.7. The van der Waals surface area contributed by atoms with Crippen molar-refractivity contribution in [2.45, 2.75) is 109 Å². The second kappa shape index (κ2) is 14.5. The minimum Gasteiger partial charge on any atom is -0.494 e. The first-order valence-electron chi connectivity index (χ1n) is 14.8. The normalized spacial score (nSPS) is 18.6. The molecular formula is C33H47NO3Si. The number of hydrogen-bond donors (Lipinski definition) is 0. The zero-order chi connectivity index (χ0) is 27.4. The van der Waals surface area contributed by atoms with Gasteiger partial charge in [-0.25, -0.2) is 4.79 Å². The predicted octanol–water partition coefficient (Wildman–Crippen LogP) is 9.32. The standard InChI is InChI=1S/C33H47NO3Si/c1-5-7-9-10-11-12-22-36-30-17-13-27(14-18-30)32(35)37-31-19-15-28(16-20-31)33(26-34)25-29(33)21-24-38(3,4)23-8-6-2/h13-20,29H,5-12,21-25H2,1-4H3/t29-,33+/m0/s1. The zero-order valence-electron chi connectivity index (χ0n) is 24.1. The van der Waals surface area contributed by atoms with Crippen molar-refractivity contribution in [1.29, 1.82) is 5.26 Å². The second-order valence-electron chi connectivity index (χ2n) is 11.8. The lowest BCUT2D eigenvalue weighted by atomic mass is 9.94. The molecule has 3 rings (SSSR count). The Morgan fingerprint density at radius 3 is 2.18 bits per heavy atom. The summed E-state index contributed by atoms with van der Waals surface area (Å²) < 4.78 is 11.4. The molecule has 0 amide bonds. The van der Waals surface area contributed by atoms with E-state index in [0.29, 0.717) is 23.8 Å². The lowest BCUT2D eigenvalue weighted by Crippen LogP contribution is -2.25. The molecule has 1 fully saturated rings. The first-order valence-corrected chi connectivity index (χ1v) is 18.2. The summed E-state index contributed by atoms with van der Waals surface area (Å²) >= 11 is 0. The van der Waals surface area contributed by atoms with Crippen LogP contribution in [0.5, 0.6) is 11.5 Å². The Morgan fingerprint density at radius 1 is 0.895 bits per heavy atom. The number of ether oxygens (including phenoxy) is 2. The number of hydrogen-bond acceptors (Lipinski definition) is 4. The van der Waals surface area contributed by atoms with Gasteiger partial charge in [-0.2, -0.15) is 5.26 Å². The third kappa shape index (κ3) is 8.73. The minimum atomic E-state index is -1.18. The number of benzene rings is 2. The van der Waals surface area contributed by atoms with Gasteiger partial charge in [-0.3, -0.25) is 0 Å². The van der Waals surface area contributed by atoms with E-state index in [9.17, 15) is 10.1 Å². The number of carbonyl (C=O) groups is 1. The van der Waals surface area contributed by atoms with Gasteiger partial charge in [0.1, 0.15) is 11.5 Å². The van der Waals surface area contributed by atoms with E-state index in [-0.39, 0.29) is 5.41 Å². The van der Waals surface area contributed by atoms with Gasteiger partial charge < -0.3 is 9.47 Å². The molecule has 2 atom stereocenters. The van der Waals surface area contributed by atoms with Gasteiger partial charge >= 0.3 is 5.97 Å². The van der Waals surface area contributed by atoms with Gasteiger partial charge in [0.25, 0.3) is 0 Å². The van der Waals surface area contributed by atoms with Crippen molar-refractivity contribution in [2.24, 2.45) is 5.92 Å². The van der Waals surface area contributed by atoms with Crippen LogP contribution in [-0.4, -0.2) is 20.7 Å². The van der Waals surface area contributed by atoms with E-state index in [1.54, 1.807) is 12.1 Å². The van der Waals surface area contributed by atoms with Gasteiger partial charge in [-0.05, 0) is 60.7 Å². The Bertz CT molecular complexity index is 1040. The molecule has 0 unspecified atom stereocenters. The molecule has 0 heterocycles. The Kier molecular flexibility index (Phi) is 11.5. The monoisotopic (exact) mass is 533 g/mol. The van der Waals surface area contributed by atoms with Crippen LogP contribution in [0.15, 0.2) is 48.5 Å². The molecular weight excluding hydrogens is 486 g/mol. The molecule has 1 aliphatic rings. The van der Waals surface area contributed by atoms with Crippen LogP contribution in [0.1, 0.15) is 94.0 Å². The molecule has 0 saturated heterocycles. The first-order chi connectivity index (χ1) is 18.3. The van der Waals surface area contributed by atoms with Crippen molar-refractivity contribution in [2.75, 3.05) is 6.61 Å². The van der Waals surface area contributed by atoms with Gasteiger partial charge in [-0.1, -0.05) is 103 Å². The number of unbranched alkanes of at least 4 members (excludes halogenated alkanes) is 6. The molecule has 0 N–H and O–H groups in total. The predicted molar refractivity (Wildman–Crippen MR) is 159 cm³/mol. The quantitative estimate of drug-likeness (QED) is 0.0879. The largest absolute Gasteiger partial charge is 0.494 e. The fourth-order valence-corrected chi connectivity index (χ4v) is 8.02. The highest BCUT2D eigenvalue weighted by Crippen LogP contribution is 2.57. The van der Waals surface area contributed by atoms with Crippen LogP contribution in [0.4, 0.5) is 0 Å². The average Bonchev–Trinajstić information content (AvgIpc) is 3.66. The lowest BCUT2D eigenvalue weighted by Gasteiger charge is -2.22. The smallest absolute Gasteiger partial charge is 0.343 e. The van der Waals surface area contributed by atoms with E-state index < -0.39 is 14.0 Å². The van der Waals surface area contributed by atoms with Crippen LogP contribution in [0.3, 0.4) is 0 Å². The Hall–Kier alpha value is -2.58. The third-order valence-corrected chi connectivity index (χ3v) is 11.5. The van der Waals surface area contributed by atoms with E-state index in [4.69, 9.17) is 9.47 Å². The second-order valence-corrected chi connectivity index (χ2v) is 17.2. The van der Waals surface area contributed by atoms with Crippen LogP contribution in [-0.2, 0) is 5.41 Å². The van der Waals surface area contributed by atoms with Crippen molar-refractivity contribution < 1.29 is 14.3 Å². The average molecular weight is 534 g/mol. The lowest BCUT2D eigenvalue weighted by molar-refractivity contribution is 0.0734. The number of esters is 1. The summed E-state index contributed by atoms with van der Waals surface area (Å²) in [6, 6.07) is 20.0. The number of nitrogens with zero attached hydrogens (tertiary/aromatic N) is 1. The van der Waals surface area contributed by atoms with E-state index in [2.05, 4.69) is 33.0 Å². The highest BCUT2D eigenvalue weighted by atomic mass is 28.3. The summed E-state index contributed by atoms with van der Waals surface area (Å²) in [4.78, 5) is 12.7. The molecule has 5 heteroatoms. The molecule has 0 radical (unpaired) electrons. The van der Waals surface area contributed by atoms with Gasteiger partial charge in [0.15, 0.2) is 0 Å². The van der Waals surface area contributed by atoms with Crippen molar-refractivity contribution in [3.8, 4) is 17.6 Å². The Morgan fingerprint density at radius 2 is 1.53 bits per heavy atom. The summed E-state index contributed by atoms with van der Waals surface area (Å²) in [7, 11) is -1.18. The van der Waals surface area contributed by atoms with Gasteiger partial charge in [0, 0.05) is 8.07 Å². The number of carbonyl (C=O) groups excluding carboxylic acids is 1. The fourth-order valence-electron chi connectivity index (χ4n) is 5.32. The summed E-state index contributed by atoms with van der Waals surface area (Å²) in [5.41, 5.74) is 1.17. The molecule has 0 aliphatic heterocycles. The van der Waals surface area contributed by atoms with Crippen molar-refractivity contribution in [3.63, 3.8) is 0 Å². The van der Waals surface area contributed by atoms with Crippen LogP contribution in [0.25, 0.3) is 0 Å². The minimum absolute atomic E-state index is 0.372. The van der Waals surface area contributed by atoms with E-state index >= 15 is 0 Å². The molecule has 2 aromatic carbocycles. The summed E-state index contributed by atoms with van der Waals surface area (Å²) in [5.74, 6) is 1.33. The molecule has 2 aromatic rings. The maximum Gasteiger partial charge on any atom is 0.343 e. The SMILES string of the molecule is CCCCCCCCOc1ccc(C(=O)Oc2ccc([C@]3(C#N)C[C@@H]3CC[Si](C)(C)CCCC)cc2)cc1. The summed E-state index contributed by atoms with van der Waals surface area (Å²) in [6.45, 7) is 10.2. The molecule has 1 aliphatic carbocycles. The molecule has 0 bridgehead atoms. The summed E-state index contributed by atoms with van der Waals surface area (Å²) in [6.07, 6.45) is 12.0. The van der Waals surface area contributed by atoms with Crippen LogP contribution in [0.2, 0.25) is 25.2 Å². The van der Waals surface area contributed by atoms with Crippen molar-refractivity contribution >= 4 is 14.0 Å². The molecule has 206 valence electrons. The van der Waals surface area contributed by atoms with Gasteiger partial charge in [0.2, 0.25) is 0 Å². The fraction of sp³-hybridized carbons (Fsp3) is 0.576. The van der Waals surface area contributed by atoms with Crippen molar-refractivity contribution in [1.82, 2.24) is 0 Å². The van der Waals surface area contributed by atoms with Crippen LogP contribution >= 0.6 is 0 Å². The molecule has 38 heavy (non-hydrogen) atoms. The Balaban J connectivity index is 1.46. The topological polar surface area (TPSA) is 59.3 Å². The van der Waals surface area contributed by atoms with Crippen LogP contribution < -0.4 is 9.47 Å².